The van der Waals surface area contributed by atoms with E-state index in [4.69, 9.17) is 5.26 Å². The molecule has 2 rings (SSSR count). The molecule has 0 aliphatic carbocycles. The zero-order chi connectivity index (χ0) is 14.5. The summed E-state index contributed by atoms with van der Waals surface area (Å²) in [6.45, 7) is 2.31. The van der Waals surface area contributed by atoms with Gasteiger partial charge in [-0.3, -0.25) is 9.78 Å². The van der Waals surface area contributed by atoms with Crippen molar-refractivity contribution in [3.05, 3.63) is 65.0 Å². The molecule has 2 aromatic rings. The van der Waals surface area contributed by atoms with E-state index < -0.39 is 0 Å². The molecule has 0 atom stereocenters. The first-order valence-corrected chi connectivity index (χ1v) is 6.28. The third-order valence-electron chi connectivity index (χ3n) is 3.03. The molecule has 0 radical (unpaired) electrons. The summed E-state index contributed by atoms with van der Waals surface area (Å²) in [6.07, 6.45) is 1.62. The first kappa shape index (κ1) is 13.8. The smallest absolute Gasteiger partial charge is 0.272 e. The number of aryl methyl sites for hydroxylation is 1. The highest BCUT2D eigenvalue weighted by molar-refractivity contribution is 5.93. The van der Waals surface area contributed by atoms with E-state index in [1.54, 1.807) is 30.3 Å². The van der Waals surface area contributed by atoms with Gasteiger partial charge in [-0.15, -0.1) is 0 Å². The molecule has 100 valence electrons. The predicted octanol–water partition coefficient (Wildman–Crippen LogP) is 2.53. The number of nitrogens with zero attached hydrogens (tertiary/aromatic N) is 3. The van der Waals surface area contributed by atoms with Crippen molar-refractivity contribution in [1.82, 2.24) is 9.88 Å². The minimum atomic E-state index is -0.120. The minimum Gasteiger partial charge on any atom is -0.336 e. The van der Waals surface area contributed by atoms with Gasteiger partial charge in [0.2, 0.25) is 0 Å². The summed E-state index contributed by atoms with van der Waals surface area (Å²) in [4.78, 5) is 18.1. The molecule has 0 bridgehead atoms. The van der Waals surface area contributed by atoms with E-state index in [-0.39, 0.29) is 5.91 Å². The maximum absolute atomic E-state index is 12.3. The Morgan fingerprint density at radius 1 is 1.35 bits per heavy atom. The Balaban J connectivity index is 2.16. The van der Waals surface area contributed by atoms with Crippen molar-refractivity contribution < 1.29 is 4.79 Å². The molecule has 0 fully saturated rings. The highest BCUT2D eigenvalue weighted by Crippen LogP contribution is 2.11. The van der Waals surface area contributed by atoms with Crippen LogP contribution in [0.5, 0.6) is 0 Å². The summed E-state index contributed by atoms with van der Waals surface area (Å²) in [5.74, 6) is -0.120. The highest BCUT2D eigenvalue weighted by atomic mass is 16.2. The molecule has 1 aromatic carbocycles. The number of rotatable bonds is 3. The van der Waals surface area contributed by atoms with Gasteiger partial charge in [-0.05, 0) is 36.2 Å². The molecule has 4 heteroatoms. The normalized spacial score (nSPS) is 9.85. The molecule has 1 amide bonds. The molecule has 0 aliphatic heterocycles. The summed E-state index contributed by atoms with van der Waals surface area (Å²) in [7, 11) is 1.73. The van der Waals surface area contributed by atoms with Gasteiger partial charge < -0.3 is 4.90 Å². The molecular formula is C16H15N3O. The van der Waals surface area contributed by atoms with Gasteiger partial charge in [0.25, 0.3) is 5.91 Å². The lowest BCUT2D eigenvalue weighted by molar-refractivity contribution is 0.0778. The SMILES string of the molecule is Cc1cccnc1C(=O)N(C)Cc1cccc(C#N)c1. The average molecular weight is 265 g/mol. The van der Waals surface area contributed by atoms with Crippen LogP contribution in [0.25, 0.3) is 0 Å². The van der Waals surface area contributed by atoms with Crippen LogP contribution in [0.2, 0.25) is 0 Å². The zero-order valence-electron chi connectivity index (χ0n) is 11.5. The first-order valence-electron chi connectivity index (χ1n) is 6.28. The van der Waals surface area contributed by atoms with E-state index in [9.17, 15) is 4.79 Å². The molecule has 4 nitrogen and oxygen atoms in total. The van der Waals surface area contributed by atoms with Crippen molar-refractivity contribution in [2.24, 2.45) is 0 Å². The first-order chi connectivity index (χ1) is 9.61. The molecule has 0 N–H and O–H groups in total. The summed E-state index contributed by atoms with van der Waals surface area (Å²) in [6, 6.07) is 13.0. The summed E-state index contributed by atoms with van der Waals surface area (Å²) in [5.41, 5.74) is 2.84. The number of benzene rings is 1. The molecule has 0 aliphatic rings. The van der Waals surface area contributed by atoms with Crippen LogP contribution in [0.3, 0.4) is 0 Å². The Morgan fingerprint density at radius 2 is 2.15 bits per heavy atom. The number of amides is 1. The second-order valence-corrected chi connectivity index (χ2v) is 4.64. The predicted molar refractivity (Wildman–Crippen MR) is 75.9 cm³/mol. The van der Waals surface area contributed by atoms with Crippen LogP contribution in [-0.2, 0) is 6.54 Å². The lowest BCUT2D eigenvalue weighted by Crippen LogP contribution is -2.27. The maximum Gasteiger partial charge on any atom is 0.272 e. The number of hydrogen-bond acceptors (Lipinski definition) is 3. The zero-order valence-corrected chi connectivity index (χ0v) is 11.5. The Morgan fingerprint density at radius 3 is 2.85 bits per heavy atom. The van der Waals surface area contributed by atoms with Gasteiger partial charge in [0.05, 0.1) is 11.6 Å². The highest BCUT2D eigenvalue weighted by Gasteiger charge is 2.15. The van der Waals surface area contributed by atoms with Crippen LogP contribution < -0.4 is 0 Å². The molecule has 0 saturated heterocycles. The van der Waals surface area contributed by atoms with Crippen molar-refractivity contribution >= 4 is 5.91 Å². The van der Waals surface area contributed by atoms with Crippen molar-refractivity contribution in [2.75, 3.05) is 7.05 Å². The fraction of sp³-hybridized carbons (Fsp3) is 0.188. The van der Waals surface area contributed by atoms with Crippen LogP contribution in [0.1, 0.15) is 27.2 Å². The Hall–Kier alpha value is -2.67. The monoisotopic (exact) mass is 265 g/mol. The van der Waals surface area contributed by atoms with Crippen molar-refractivity contribution in [2.45, 2.75) is 13.5 Å². The molecule has 0 unspecified atom stereocenters. The van der Waals surface area contributed by atoms with Gasteiger partial charge in [0, 0.05) is 19.8 Å². The van der Waals surface area contributed by atoms with E-state index in [1.165, 1.54) is 0 Å². The topological polar surface area (TPSA) is 57.0 Å². The van der Waals surface area contributed by atoms with Gasteiger partial charge in [0.1, 0.15) is 5.69 Å². The summed E-state index contributed by atoms with van der Waals surface area (Å²) >= 11 is 0. The van der Waals surface area contributed by atoms with Crippen LogP contribution in [0.4, 0.5) is 0 Å². The molecule has 1 aromatic heterocycles. The number of carbonyl (C=O) groups excluding carboxylic acids is 1. The number of aromatic nitrogens is 1. The summed E-state index contributed by atoms with van der Waals surface area (Å²) in [5, 5.41) is 8.88. The van der Waals surface area contributed by atoms with Crippen molar-refractivity contribution in [1.29, 1.82) is 5.26 Å². The number of nitriles is 1. The van der Waals surface area contributed by atoms with Gasteiger partial charge in [-0.25, -0.2) is 0 Å². The van der Waals surface area contributed by atoms with Crippen LogP contribution in [0, 0.1) is 18.3 Å². The standard InChI is InChI=1S/C16H15N3O/c1-12-5-4-8-18-15(12)16(20)19(2)11-14-7-3-6-13(9-14)10-17/h3-9H,11H2,1-2H3. The molecule has 1 heterocycles. The van der Waals surface area contributed by atoms with Crippen LogP contribution in [-0.4, -0.2) is 22.8 Å². The fourth-order valence-electron chi connectivity index (χ4n) is 1.98. The van der Waals surface area contributed by atoms with Gasteiger partial charge in [-0.1, -0.05) is 18.2 Å². The molecule has 0 saturated carbocycles. The third-order valence-corrected chi connectivity index (χ3v) is 3.03. The Labute approximate surface area is 118 Å². The van der Waals surface area contributed by atoms with E-state index in [1.807, 2.05) is 31.2 Å². The van der Waals surface area contributed by atoms with E-state index in [0.29, 0.717) is 17.8 Å². The lowest BCUT2D eigenvalue weighted by atomic mass is 10.1. The van der Waals surface area contributed by atoms with Crippen molar-refractivity contribution in [3.8, 4) is 6.07 Å². The van der Waals surface area contributed by atoms with Crippen molar-refractivity contribution in [3.63, 3.8) is 0 Å². The molecule has 20 heavy (non-hydrogen) atoms. The second-order valence-electron chi connectivity index (χ2n) is 4.64. The van der Waals surface area contributed by atoms with Crippen LogP contribution in [0.15, 0.2) is 42.6 Å². The lowest BCUT2D eigenvalue weighted by Gasteiger charge is -2.17. The molecule has 0 spiro atoms. The van der Waals surface area contributed by atoms with Gasteiger partial charge >= 0.3 is 0 Å². The fourth-order valence-corrected chi connectivity index (χ4v) is 1.98. The maximum atomic E-state index is 12.3. The van der Waals surface area contributed by atoms with E-state index in [0.717, 1.165) is 11.1 Å². The van der Waals surface area contributed by atoms with E-state index >= 15 is 0 Å². The average Bonchev–Trinajstić information content (AvgIpc) is 2.47. The Bertz CT molecular complexity index is 673. The number of pyridine rings is 1. The summed E-state index contributed by atoms with van der Waals surface area (Å²) < 4.78 is 0. The number of carbonyl (C=O) groups is 1. The quantitative estimate of drug-likeness (QED) is 0.857. The largest absolute Gasteiger partial charge is 0.336 e. The van der Waals surface area contributed by atoms with Gasteiger partial charge in [-0.2, -0.15) is 5.26 Å². The van der Waals surface area contributed by atoms with Crippen LogP contribution >= 0.6 is 0 Å². The van der Waals surface area contributed by atoms with Gasteiger partial charge in [0.15, 0.2) is 0 Å². The Kier molecular flexibility index (Phi) is 4.11. The second kappa shape index (κ2) is 5.98. The third kappa shape index (κ3) is 3.01. The minimum absolute atomic E-state index is 0.120. The molecular weight excluding hydrogens is 250 g/mol. The number of hydrogen-bond donors (Lipinski definition) is 0. The van der Waals surface area contributed by atoms with E-state index in [2.05, 4.69) is 11.1 Å².